The van der Waals surface area contributed by atoms with Crippen LogP contribution in [0, 0.1) is 0 Å². The van der Waals surface area contributed by atoms with Crippen molar-refractivity contribution < 1.29 is 14.7 Å². The zero-order valence-electron chi connectivity index (χ0n) is 11.3. The lowest BCUT2D eigenvalue weighted by Crippen LogP contribution is -2.38. The van der Waals surface area contributed by atoms with Gasteiger partial charge in [-0.2, -0.15) is 5.10 Å². The van der Waals surface area contributed by atoms with Crippen molar-refractivity contribution in [2.45, 2.75) is 18.9 Å². The Kier molecular flexibility index (Phi) is 3.74. The highest BCUT2D eigenvalue weighted by Crippen LogP contribution is 2.24. The Hall–Kier alpha value is -2.15. The predicted octanol–water partition coefficient (Wildman–Crippen LogP) is 2.12. The molecule has 1 aliphatic rings. The fraction of sp³-hybridized carbons (Fsp3) is 0.357. The monoisotopic (exact) mass is 305 g/mol. The molecule has 1 fully saturated rings. The van der Waals surface area contributed by atoms with E-state index < -0.39 is 5.97 Å². The van der Waals surface area contributed by atoms with E-state index in [4.69, 9.17) is 5.11 Å². The lowest BCUT2D eigenvalue weighted by atomic mass is 10.1. The summed E-state index contributed by atoms with van der Waals surface area (Å²) in [5.74, 6) is -0.887. The first-order valence-electron chi connectivity index (χ1n) is 6.75. The summed E-state index contributed by atoms with van der Waals surface area (Å²) in [5, 5.41) is 14.9. The molecule has 7 heteroatoms. The van der Waals surface area contributed by atoms with Crippen LogP contribution >= 0.6 is 11.3 Å². The normalized spacial score (nSPS) is 16.1. The molecule has 21 heavy (non-hydrogen) atoms. The van der Waals surface area contributed by atoms with Crippen LogP contribution < -0.4 is 0 Å². The number of aromatic carboxylic acids is 1. The molecule has 0 aromatic carbocycles. The number of carbonyl (C=O) groups excluding carboxylic acids is 1. The van der Waals surface area contributed by atoms with Crippen molar-refractivity contribution in [2.24, 2.45) is 0 Å². The number of hydrogen-bond acceptors (Lipinski definition) is 4. The topological polar surface area (TPSA) is 75.4 Å². The molecule has 1 saturated heterocycles. The molecule has 0 saturated carbocycles. The maximum atomic E-state index is 12.2. The smallest absolute Gasteiger partial charge is 0.338 e. The zero-order chi connectivity index (χ0) is 14.8. The number of thiophene rings is 1. The molecule has 1 amide bonds. The molecular weight excluding hydrogens is 290 g/mol. The predicted molar refractivity (Wildman–Crippen MR) is 77.7 cm³/mol. The number of carboxylic acids is 1. The SMILES string of the molecule is O=C(O)c1cnn(C2CCN(C(=O)c3cccs3)CC2)c1. The zero-order valence-corrected chi connectivity index (χ0v) is 12.1. The lowest BCUT2D eigenvalue weighted by molar-refractivity contribution is 0.0691. The molecule has 110 valence electrons. The molecule has 3 heterocycles. The number of carbonyl (C=O) groups is 2. The molecule has 1 aliphatic heterocycles. The van der Waals surface area contributed by atoms with Gasteiger partial charge in [-0.25, -0.2) is 4.79 Å². The van der Waals surface area contributed by atoms with Crippen LogP contribution in [0.5, 0.6) is 0 Å². The molecule has 1 N–H and O–H groups in total. The minimum atomic E-state index is -0.966. The minimum absolute atomic E-state index is 0.0788. The lowest BCUT2D eigenvalue weighted by Gasteiger charge is -2.31. The molecule has 3 rings (SSSR count). The average Bonchev–Trinajstić information content (AvgIpc) is 3.18. The molecule has 2 aromatic heterocycles. The van der Waals surface area contributed by atoms with Crippen molar-refractivity contribution in [1.82, 2.24) is 14.7 Å². The van der Waals surface area contributed by atoms with Crippen molar-refractivity contribution in [3.63, 3.8) is 0 Å². The van der Waals surface area contributed by atoms with Crippen LogP contribution in [0.2, 0.25) is 0 Å². The Balaban J connectivity index is 1.62. The molecule has 0 unspecified atom stereocenters. The van der Waals surface area contributed by atoms with Crippen molar-refractivity contribution in [1.29, 1.82) is 0 Å². The first-order chi connectivity index (χ1) is 10.1. The van der Waals surface area contributed by atoms with E-state index in [1.54, 1.807) is 10.9 Å². The van der Waals surface area contributed by atoms with E-state index >= 15 is 0 Å². The molecule has 0 bridgehead atoms. The van der Waals surface area contributed by atoms with E-state index in [9.17, 15) is 9.59 Å². The Morgan fingerprint density at radius 2 is 2.10 bits per heavy atom. The maximum absolute atomic E-state index is 12.2. The summed E-state index contributed by atoms with van der Waals surface area (Å²) >= 11 is 1.45. The van der Waals surface area contributed by atoms with Gasteiger partial charge in [0.2, 0.25) is 0 Å². The van der Waals surface area contributed by atoms with Gasteiger partial charge in [0.15, 0.2) is 0 Å². The maximum Gasteiger partial charge on any atom is 0.338 e. The molecule has 0 aliphatic carbocycles. The number of aromatic nitrogens is 2. The standard InChI is InChI=1S/C14H15N3O3S/c18-13(12-2-1-7-21-12)16-5-3-11(4-6-16)17-9-10(8-15-17)14(19)20/h1-2,7-9,11H,3-6H2,(H,19,20). The van der Waals surface area contributed by atoms with Gasteiger partial charge in [-0.15, -0.1) is 11.3 Å². The van der Waals surface area contributed by atoms with E-state index in [0.717, 1.165) is 17.7 Å². The highest BCUT2D eigenvalue weighted by atomic mass is 32.1. The largest absolute Gasteiger partial charge is 0.478 e. The third-order valence-corrected chi connectivity index (χ3v) is 4.56. The van der Waals surface area contributed by atoms with Crippen LogP contribution in [0.4, 0.5) is 0 Å². The van der Waals surface area contributed by atoms with Crippen LogP contribution in [0.25, 0.3) is 0 Å². The molecule has 0 spiro atoms. The Labute approximate surface area is 125 Å². The Bertz CT molecular complexity index is 642. The van der Waals surface area contributed by atoms with Gasteiger partial charge in [0.05, 0.1) is 22.7 Å². The summed E-state index contributed by atoms with van der Waals surface area (Å²) in [6, 6.07) is 3.87. The van der Waals surface area contributed by atoms with Gasteiger partial charge < -0.3 is 10.0 Å². The summed E-state index contributed by atoms with van der Waals surface area (Å²) in [5.41, 5.74) is 0.201. The summed E-state index contributed by atoms with van der Waals surface area (Å²) < 4.78 is 1.70. The van der Waals surface area contributed by atoms with Gasteiger partial charge >= 0.3 is 5.97 Å². The summed E-state index contributed by atoms with van der Waals surface area (Å²) in [7, 11) is 0. The highest BCUT2D eigenvalue weighted by molar-refractivity contribution is 7.12. The van der Waals surface area contributed by atoms with Gasteiger partial charge in [0, 0.05) is 19.3 Å². The molecule has 6 nitrogen and oxygen atoms in total. The molecule has 2 aromatic rings. The highest BCUT2D eigenvalue weighted by Gasteiger charge is 2.25. The number of piperidine rings is 1. The van der Waals surface area contributed by atoms with Crippen LogP contribution in [0.1, 0.15) is 38.9 Å². The quantitative estimate of drug-likeness (QED) is 0.942. The first kappa shape index (κ1) is 13.8. The van der Waals surface area contributed by atoms with Gasteiger partial charge in [0.1, 0.15) is 0 Å². The van der Waals surface area contributed by atoms with Crippen molar-refractivity contribution >= 4 is 23.2 Å². The third-order valence-electron chi connectivity index (χ3n) is 3.71. The van der Waals surface area contributed by atoms with Gasteiger partial charge in [-0.1, -0.05) is 6.07 Å². The number of nitrogens with zero attached hydrogens (tertiary/aromatic N) is 3. The molecule has 0 atom stereocenters. The second-order valence-corrected chi connectivity index (χ2v) is 5.96. The van der Waals surface area contributed by atoms with E-state index in [1.165, 1.54) is 17.5 Å². The molecule has 0 radical (unpaired) electrons. The second-order valence-electron chi connectivity index (χ2n) is 5.01. The van der Waals surface area contributed by atoms with Gasteiger partial charge in [-0.3, -0.25) is 9.48 Å². The van der Waals surface area contributed by atoms with Crippen LogP contribution in [-0.2, 0) is 0 Å². The number of hydrogen-bond donors (Lipinski definition) is 1. The van der Waals surface area contributed by atoms with Crippen LogP contribution in [-0.4, -0.2) is 44.8 Å². The Morgan fingerprint density at radius 3 is 2.67 bits per heavy atom. The van der Waals surface area contributed by atoms with Crippen LogP contribution in [0.3, 0.4) is 0 Å². The van der Waals surface area contributed by atoms with E-state index in [0.29, 0.717) is 13.1 Å². The van der Waals surface area contributed by atoms with Crippen molar-refractivity contribution in [3.05, 3.63) is 40.3 Å². The Morgan fingerprint density at radius 1 is 1.33 bits per heavy atom. The van der Waals surface area contributed by atoms with Gasteiger partial charge in [0.25, 0.3) is 5.91 Å². The van der Waals surface area contributed by atoms with Gasteiger partial charge in [-0.05, 0) is 24.3 Å². The third kappa shape index (κ3) is 2.82. The fourth-order valence-electron chi connectivity index (χ4n) is 2.54. The fourth-order valence-corrected chi connectivity index (χ4v) is 3.23. The second kappa shape index (κ2) is 5.69. The number of carboxylic acid groups (broad SMARTS) is 1. The number of likely N-dealkylation sites (tertiary alicyclic amines) is 1. The summed E-state index contributed by atoms with van der Waals surface area (Å²) in [4.78, 5) is 25.7. The first-order valence-corrected chi connectivity index (χ1v) is 7.63. The van der Waals surface area contributed by atoms with E-state index in [-0.39, 0.29) is 17.5 Å². The van der Waals surface area contributed by atoms with E-state index in [2.05, 4.69) is 5.10 Å². The summed E-state index contributed by atoms with van der Waals surface area (Å²) in [6.07, 6.45) is 4.50. The number of rotatable bonds is 3. The summed E-state index contributed by atoms with van der Waals surface area (Å²) in [6.45, 7) is 1.34. The average molecular weight is 305 g/mol. The van der Waals surface area contributed by atoms with Crippen molar-refractivity contribution in [3.8, 4) is 0 Å². The van der Waals surface area contributed by atoms with Crippen molar-refractivity contribution in [2.75, 3.05) is 13.1 Å². The minimum Gasteiger partial charge on any atom is -0.478 e. The van der Waals surface area contributed by atoms with E-state index in [1.807, 2.05) is 22.4 Å². The number of amides is 1. The molecular formula is C14H15N3O3S. The van der Waals surface area contributed by atoms with Crippen LogP contribution in [0.15, 0.2) is 29.9 Å².